The van der Waals surface area contributed by atoms with Crippen LogP contribution in [0, 0.1) is 5.92 Å². The molecule has 0 spiro atoms. The van der Waals surface area contributed by atoms with Gasteiger partial charge in [0.2, 0.25) is 5.91 Å². The summed E-state index contributed by atoms with van der Waals surface area (Å²) in [7, 11) is -3.03. The molecule has 2 heterocycles. The number of carbonyl (C=O) groups excluding carboxylic acids is 1. The number of benzene rings is 1. The molecule has 0 saturated carbocycles. The summed E-state index contributed by atoms with van der Waals surface area (Å²) < 4.78 is 28.4. The maximum absolute atomic E-state index is 12.2. The van der Waals surface area contributed by atoms with E-state index < -0.39 is 15.8 Å². The Bertz CT molecular complexity index is 626. The molecule has 2 atom stereocenters. The fraction of sp³-hybridized carbons (Fsp3) is 0.500. The topological polar surface area (TPSA) is 72.5 Å². The molecule has 20 heavy (non-hydrogen) atoms. The second-order valence-electron chi connectivity index (χ2n) is 5.34. The molecule has 3 rings (SSSR count). The Labute approximate surface area is 118 Å². The van der Waals surface area contributed by atoms with Crippen LogP contribution in [0.1, 0.15) is 24.4 Å². The smallest absolute Gasteiger partial charge is 0.224 e. The first kappa shape index (κ1) is 13.4. The molecule has 1 N–H and O–H groups in total. The van der Waals surface area contributed by atoms with Crippen molar-refractivity contribution in [1.29, 1.82) is 0 Å². The Morgan fingerprint density at radius 1 is 1.25 bits per heavy atom. The number of ether oxygens (including phenoxy) is 1. The molecule has 0 unspecified atom stereocenters. The fourth-order valence-electron chi connectivity index (χ4n) is 2.78. The molecule has 2 aliphatic rings. The third-order valence-corrected chi connectivity index (χ3v) is 5.65. The first-order valence-electron chi connectivity index (χ1n) is 6.78. The minimum Gasteiger partial charge on any atom is -0.493 e. The van der Waals surface area contributed by atoms with Crippen molar-refractivity contribution in [2.75, 3.05) is 18.1 Å². The highest BCUT2D eigenvalue weighted by molar-refractivity contribution is 7.91. The Balaban J connectivity index is 1.72. The van der Waals surface area contributed by atoms with Gasteiger partial charge in [-0.15, -0.1) is 0 Å². The van der Waals surface area contributed by atoms with Crippen LogP contribution in [0.4, 0.5) is 0 Å². The van der Waals surface area contributed by atoms with E-state index in [1.807, 2.05) is 24.3 Å². The van der Waals surface area contributed by atoms with Gasteiger partial charge < -0.3 is 10.1 Å². The summed E-state index contributed by atoms with van der Waals surface area (Å²) in [6.07, 6.45) is 1.14. The predicted molar refractivity (Wildman–Crippen MR) is 74.2 cm³/mol. The second kappa shape index (κ2) is 5.09. The summed E-state index contributed by atoms with van der Waals surface area (Å²) in [6, 6.07) is 7.54. The van der Waals surface area contributed by atoms with Crippen LogP contribution in [0.15, 0.2) is 24.3 Å². The number of nitrogens with one attached hydrogen (secondary N) is 1. The van der Waals surface area contributed by atoms with Crippen LogP contribution in [0.25, 0.3) is 0 Å². The van der Waals surface area contributed by atoms with Gasteiger partial charge in [0.1, 0.15) is 5.75 Å². The number of sulfone groups is 1. The summed E-state index contributed by atoms with van der Waals surface area (Å²) in [5.74, 6) is 0.324. The first-order chi connectivity index (χ1) is 9.55. The highest BCUT2D eigenvalue weighted by Crippen LogP contribution is 2.32. The summed E-state index contributed by atoms with van der Waals surface area (Å²) in [5, 5.41) is 2.97. The van der Waals surface area contributed by atoms with Crippen molar-refractivity contribution in [3.05, 3.63) is 29.8 Å². The molecule has 1 aromatic carbocycles. The van der Waals surface area contributed by atoms with E-state index in [1.165, 1.54) is 0 Å². The molecule has 1 fully saturated rings. The molecular formula is C14H17NO4S. The lowest BCUT2D eigenvalue weighted by atomic mass is 9.99. The molecule has 6 heteroatoms. The van der Waals surface area contributed by atoms with Gasteiger partial charge in [-0.1, -0.05) is 18.2 Å². The molecule has 1 saturated heterocycles. The largest absolute Gasteiger partial charge is 0.493 e. The van der Waals surface area contributed by atoms with Crippen LogP contribution in [0.5, 0.6) is 5.75 Å². The minimum atomic E-state index is -3.03. The van der Waals surface area contributed by atoms with Crippen molar-refractivity contribution in [3.8, 4) is 5.75 Å². The van der Waals surface area contributed by atoms with E-state index in [9.17, 15) is 13.2 Å². The van der Waals surface area contributed by atoms with Crippen LogP contribution in [-0.4, -0.2) is 32.4 Å². The van der Waals surface area contributed by atoms with E-state index in [-0.39, 0.29) is 23.5 Å². The lowest BCUT2D eigenvalue weighted by Crippen LogP contribution is -2.36. The maximum atomic E-state index is 12.2. The van der Waals surface area contributed by atoms with Crippen molar-refractivity contribution < 1.29 is 17.9 Å². The molecule has 2 aliphatic heterocycles. The Hall–Kier alpha value is -1.56. The van der Waals surface area contributed by atoms with Crippen LogP contribution >= 0.6 is 0 Å². The highest BCUT2D eigenvalue weighted by Gasteiger charge is 2.34. The zero-order valence-electron chi connectivity index (χ0n) is 11.0. The minimum absolute atomic E-state index is 0.0241. The SMILES string of the molecule is O=C(N[C@H]1CCOc2ccccc21)[C@H]1CCS(=O)(=O)C1. The molecule has 108 valence electrons. The second-order valence-corrected chi connectivity index (χ2v) is 7.56. The zero-order chi connectivity index (χ0) is 14.2. The van der Waals surface area contributed by atoms with Gasteiger partial charge in [-0.3, -0.25) is 4.79 Å². The lowest BCUT2D eigenvalue weighted by molar-refractivity contribution is -0.125. The van der Waals surface area contributed by atoms with E-state index in [1.54, 1.807) is 0 Å². The molecule has 0 bridgehead atoms. The molecule has 1 aromatic rings. The first-order valence-corrected chi connectivity index (χ1v) is 8.60. The summed E-state index contributed by atoms with van der Waals surface area (Å²) in [5.41, 5.74) is 0.966. The third kappa shape index (κ3) is 2.65. The maximum Gasteiger partial charge on any atom is 0.224 e. The monoisotopic (exact) mass is 295 g/mol. The van der Waals surface area contributed by atoms with Gasteiger partial charge in [-0.05, 0) is 12.5 Å². The third-order valence-electron chi connectivity index (χ3n) is 3.88. The van der Waals surface area contributed by atoms with Crippen molar-refractivity contribution in [2.24, 2.45) is 5.92 Å². The highest BCUT2D eigenvalue weighted by atomic mass is 32.2. The predicted octanol–water partition coefficient (Wildman–Crippen LogP) is 1.06. The van der Waals surface area contributed by atoms with Crippen LogP contribution in [0.3, 0.4) is 0 Å². The van der Waals surface area contributed by atoms with Gasteiger partial charge in [-0.2, -0.15) is 0 Å². The van der Waals surface area contributed by atoms with E-state index >= 15 is 0 Å². The molecular weight excluding hydrogens is 278 g/mol. The number of rotatable bonds is 2. The summed E-state index contributed by atoms with van der Waals surface area (Å²) in [6.45, 7) is 0.560. The normalized spacial score (nSPS) is 27.4. The molecule has 0 aromatic heterocycles. The number of hydrogen-bond acceptors (Lipinski definition) is 4. The van der Waals surface area contributed by atoms with Crippen molar-refractivity contribution in [2.45, 2.75) is 18.9 Å². The van der Waals surface area contributed by atoms with Gasteiger partial charge in [0.15, 0.2) is 9.84 Å². The van der Waals surface area contributed by atoms with Crippen LogP contribution in [0.2, 0.25) is 0 Å². The molecule has 1 amide bonds. The van der Waals surface area contributed by atoms with Crippen LogP contribution < -0.4 is 10.1 Å². The van der Waals surface area contributed by atoms with E-state index in [4.69, 9.17) is 4.74 Å². The standard InChI is InChI=1S/C14H17NO4S/c16-14(10-6-8-20(17,18)9-10)15-12-5-7-19-13-4-2-1-3-11(12)13/h1-4,10,12H,5-9H2,(H,15,16)/t10-,12-/m0/s1. The van der Waals surface area contributed by atoms with Gasteiger partial charge in [-0.25, -0.2) is 8.42 Å². The zero-order valence-corrected chi connectivity index (χ0v) is 11.9. The van der Waals surface area contributed by atoms with Gasteiger partial charge >= 0.3 is 0 Å². The van der Waals surface area contributed by atoms with Gasteiger partial charge in [0.05, 0.1) is 30.1 Å². The van der Waals surface area contributed by atoms with E-state index in [2.05, 4.69) is 5.32 Å². The number of carbonyl (C=O) groups is 1. The van der Waals surface area contributed by atoms with Crippen molar-refractivity contribution in [3.63, 3.8) is 0 Å². The quantitative estimate of drug-likeness (QED) is 0.885. The number of hydrogen-bond donors (Lipinski definition) is 1. The summed E-state index contributed by atoms with van der Waals surface area (Å²) in [4.78, 5) is 12.2. The Kier molecular flexibility index (Phi) is 3.41. The van der Waals surface area contributed by atoms with Crippen molar-refractivity contribution in [1.82, 2.24) is 5.32 Å². The molecule has 0 aliphatic carbocycles. The molecule has 5 nitrogen and oxygen atoms in total. The Morgan fingerprint density at radius 3 is 2.80 bits per heavy atom. The number of amides is 1. The molecule has 0 radical (unpaired) electrons. The Morgan fingerprint density at radius 2 is 2.05 bits per heavy atom. The summed E-state index contributed by atoms with van der Waals surface area (Å²) >= 11 is 0. The van der Waals surface area contributed by atoms with Gasteiger partial charge in [0, 0.05) is 12.0 Å². The fourth-order valence-corrected chi connectivity index (χ4v) is 4.52. The van der Waals surface area contributed by atoms with Crippen molar-refractivity contribution >= 4 is 15.7 Å². The average molecular weight is 295 g/mol. The average Bonchev–Trinajstić information content (AvgIpc) is 2.80. The van der Waals surface area contributed by atoms with Gasteiger partial charge in [0.25, 0.3) is 0 Å². The lowest BCUT2D eigenvalue weighted by Gasteiger charge is -2.27. The number of para-hydroxylation sites is 1. The van der Waals surface area contributed by atoms with E-state index in [0.29, 0.717) is 19.4 Å². The van der Waals surface area contributed by atoms with Crippen LogP contribution in [-0.2, 0) is 14.6 Å². The number of fused-ring (bicyclic) bond motifs is 1. The van der Waals surface area contributed by atoms with E-state index in [0.717, 1.165) is 11.3 Å².